The number of aromatic nitrogens is 1. The van der Waals surface area contributed by atoms with E-state index in [1.807, 2.05) is 55.5 Å². The number of carbonyl (C=O) groups is 1. The molecule has 0 bridgehead atoms. The number of amides is 1. The Kier molecular flexibility index (Phi) is 4.88. The van der Waals surface area contributed by atoms with Crippen LogP contribution in [-0.2, 0) is 6.54 Å². The molecule has 0 radical (unpaired) electrons. The van der Waals surface area contributed by atoms with Crippen molar-refractivity contribution in [2.75, 3.05) is 0 Å². The van der Waals surface area contributed by atoms with Crippen molar-refractivity contribution in [3.63, 3.8) is 0 Å². The van der Waals surface area contributed by atoms with Gasteiger partial charge in [0.15, 0.2) is 0 Å². The molecule has 116 valence electrons. The molecule has 3 aromatic rings. The van der Waals surface area contributed by atoms with Gasteiger partial charge in [-0.05, 0) is 35.0 Å². The molecule has 0 saturated heterocycles. The van der Waals surface area contributed by atoms with Crippen molar-refractivity contribution in [2.45, 2.75) is 13.5 Å². The first-order chi connectivity index (χ1) is 11.1. The highest BCUT2D eigenvalue weighted by molar-refractivity contribution is 9.10. The maximum atomic E-state index is 12.3. The van der Waals surface area contributed by atoms with E-state index < -0.39 is 0 Å². The van der Waals surface area contributed by atoms with Gasteiger partial charge < -0.3 is 5.32 Å². The lowest BCUT2D eigenvalue weighted by molar-refractivity contribution is 0.0950. The van der Waals surface area contributed by atoms with Gasteiger partial charge in [-0.25, -0.2) is 4.98 Å². The molecule has 1 amide bonds. The van der Waals surface area contributed by atoms with Crippen LogP contribution < -0.4 is 5.32 Å². The largest absolute Gasteiger partial charge is 0.347 e. The van der Waals surface area contributed by atoms with Crippen LogP contribution in [-0.4, -0.2) is 10.9 Å². The molecule has 1 N–H and O–H groups in total. The number of aryl methyl sites for hydroxylation is 1. The molecule has 1 aromatic heterocycles. The van der Waals surface area contributed by atoms with E-state index in [0.29, 0.717) is 12.1 Å². The van der Waals surface area contributed by atoms with Gasteiger partial charge in [0, 0.05) is 14.9 Å². The molecule has 0 fully saturated rings. The highest BCUT2D eigenvalue weighted by Gasteiger charge is 2.12. The van der Waals surface area contributed by atoms with Gasteiger partial charge in [-0.2, -0.15) is 0 Å². The molecule has 1 heterocycles. The van der Waals surface area contributed by atoms with Gasteiger partial charge in [0.1, 0.15) is 5.01 Å². The predicted octanol–water partition coefficient (Wildman–Crippen LogP) is 4.81. The summed E-state index contributed by atoms with van der Waals surface area (Å²) in [5.41, 5.74) is 2.70. The first kappa shape index (κ1) is 15.9. The van der Waals surface area contributed by atoms with Crippen LogP contribution in [0.15, 0.2) is 59.1 Å². The van der Waals surface area contributed by atoms with E-state index in [1.165, 1.54) is 0 Å². The minimum Gasteiger partial charge on any atom is -0.347 e. The van der Waals surface area contributed by atoms with Gasteiger partial charge in [-0.1, -0.05) is 42.5 Å². The summed E-state index contributed by atoms with van der Waals surface area (Å²) in [5, 5.41) is 3.94. The van der Waals surface area contributed by atoms with Crippen LogP contribution in [0.3, 0.4) is 0 Å². The van der Waals surface area contributed by atoms with Crippen molar-refractivity contribution in [3.8, 4) is 10.6 Å². The van der Waals surface area contributed by atoms with E-state index in [4.69, 9.17) is 0 Å². The molecule has 23 heavy (non-hydrogen) atoms. The van der Waals surface area contributed by atoms with Crippen LogP contribution in [0.5, 0.6) is 0 Å². The van der Waals surface area contributed by atoms with Crippen LogP contribution in [0.1, 0.15) is 20.9 Å². The van der Waals surface area contributed by atoms with Crippen molar-refractivity contribution < 1.29 is 4.79 Å². The lowest BCUT2D eigenvalue weighted by Gasteiger charge is -2.05. The van der Waals surface area contributed by atoms with Crippen molar-refractivity contribution in [3.05, 3.63) is 75.2 Å². The highest BCUT2D eigenvalue weighted by Crippen LogP contribution is 2.27. The summed E-state index contributed by atoms with van der Waals surface area (Å²) in [6.45, 7) is 2.46. The quantitative estimate of drug-likeness (QED) is 0.698. The maximum absolute atomic E-state index is 12.3. The second-order valence-corrected chi connectivity index (χ2v) is 6.99. The maximum Gasteiger partial charge on any atom is 0.252 e. The Morgan fingerprint density at radius 2 is 1.83 bits per heavy atom. The third-order valence-corrected chi connectivity index (χ3v) is 5.34. The standard InChI is InChI=1S/C18H15BrN2OS/c1-12-16(23-18(21-12)13-7-3-2-4-8-13)11-20-17(22)14-9-5-6-10-15(14)19/h2-10H,11H2,1H3,(H,20,22). The Morgan fingerprint density at radius 1 is 1.13 bits per heavy atom. The zero-order chi connectivity index (χ0) is 16.2. The third kappa shape index (κ3) is 3.68. The van der Waals surface area contributed by atoms with E-state index in [-0.39, 0.29) is 5.91 Å². The molecular weight excluding hydrogens is 372 g/mol. The molecule has 0 aliphatic carbocycles. The van der Waals surface area contributed by atoms with Gasteiger partial charge >= 0.3 is 0 Å². The SMILES string of the molecule is Cc1nc(-c2ccccc2)sc1CNC(=O)c1ccccc1Br. The van der Waals surface area contributed by atoms with Crippen molar-refractivity contribution in [1.82, 2.24) is 10.3 Å². The number of nitrogens with zero attached hydrogens (tertiary/aromatic N) is 1. The zero-order valence-corrected chi connectivity index (χ0v) is 14.9. The number of halogens is 1. The molecule has 3 nitrogen and oxygen atoms in total. The second kappa shape index (κ2) is 7.06. The summed E-state index contributed by atoms with van der Waals surface area (Å²) in [4.78, 5) is 18.0. The molecule has 0 spiro atoms. The molecule has 3 rings (SSSR count). The number of hydrogen-bond donors (Lipinski definition) is 1. The Balaban J connectivity index is 1.73. The molecule has 0 saturated carbocycles. The van der Waals surface area contributed by atoms with Crippen LogP contribution in [0.2, 0.25) is 0 Å². The van der Waals surface area contributed by atoms with Crippen molar-refractivity contribution in [1.29, 1.82) is 0 Å². The monoisotopic (exact) mass is 386 g/mol. The summed E-state index contributed by atoms with van der Waals surface area (Å²) in [7, 11) is 0. The smallest absolute Gasteiger partial charge is 0.252 e. The summed E-state index contributed by atoms with van der Waals surface area (Å²) in [5.74, 6) is -0.0912. The average molecular weight is 387 g/mol. The number of nitrogens with one attached hydrogen (secondary N) is 1. The summed E-state index contributed by atoms with van der Waals surface area (Å²) in [6, 6.07) is 17.5. The van der Waals surface area contributed by atoms with Gasteiger partial charge in [0.2, 0.25) is 0 Å². The van der Waals surface area contributed by atoms with Crippen LogP contribution in [0.4, 0.5) is 0 Å². The fourth-order valence-electron chi connectivity index (χ4n) is 2.20. The molecule has 0 atom stereocenters. The van der Waals surface area contributed by atoms with E-state index in [9.17, 15) is 4.79 Å². The number of rotatable bonds is 4. The zero-order valence-electron chi connectivity index (χ0n) is 12.5. The summed E-state index contributed by atoms with van der Waals surface area (Å²) in [6.07, 6.45) is 0. The van der Waals surface area contributed by atoms with Crippen LogP contribution in [0.25, 0.3) is 10.6 Å². The number of carbonyl (C=O) groups excluding carboxylic acids is 1. The summed E-state index contributed by atoms with van der Waals surface area (Å²) >= 11 is 5.02. The molecule has 5 heteroatoms. The summed E-state index contributed by atoms with van der Waals surface area (Å²) < 4.78 is 0.795. The third-order valence-electron chi connectivity index (χ3n) is 3.44. The van der Waals surface area contributed by atoms with Crippen molar-refractivity contribution >= 4 is 33.2 Å². The van der Waals surface area contributed by atoms with E-state index in [1.54, 1.807) is 17.4 Å². The normalized spacial score (nSPS) is 10.5. The van der Waals surface area contributed by atoms with Crippen molar-refractivity contribution in [2.24, 2.45) is 0 Å². The minimum absolute atomic E-state index is 0.0912. The Bertz CT molecular complexity index is 830. The van der Waals surface area contributed by atoms with Gasteiger partial charge in [-0.15, -0.1) is 11.3 Å². The fourth-order valence-corrected chi connectivity index (χ4v) is 3.67. The second-order valence-electron chi connectivity index (χ2n) is 5.06. The molecule has 0 aliphatic heterocycles. The van der Waals surface area contributed by atoms with E-state index in [0.717, 1.165) is 25.6 Å². The molecular formula is C18H15BrN2OS. The minimum atomic E-state index is -0.0912. The van der Waals surface area contributed by atoms with Crippen LogP contribution >= 0.6 is 27.3 Å². The number of thiazole rings is 1. The number of hydrogen-bond acceptors (Lipinski definition) is 3. The number of benzene rings is 2. The van der Waals surface area contributed by atoms with Gasteiger partial charge in [0.25, 0.3) is 5.91 Å². The first-order valence-corrected chi connectivity index (χ1v) is 8.80. The van der Waals surface area contributed by atoms with Gasteiger partial charge in [0.05, 0.1) is 17.8 Å². The molecule has 0 aliphatic rings. The van der Waals surface area contributed by atoms with E-state index >= 15 is 0 Å². The predicted molar refractivity (Wildman–Crippen MR) is 97.6 cm³/mol. The Labute approximate surface area is 147 Å². The highest BCUT2D eigenvalue weighted by atomic mass is 79.9. The van der Waals surface area contributed by atoms with E-state index in [2.05, 4.69) is 26.2 Å². The lowest BCUT2D eigenvalue weighted by atomic mass is 10.2. The topological polar surface area (TPSA) is 42.0 Å². The molecule has 2 aromatic carbocycles. The first-order valence-electron chi connectivity index (χ1n) is 7.19. The Hall–Kier alpha value is -1.98. The fraction of sp³-hybridized carbons (Fsp3) is 0.111. The van der Waals surface area contributed by atoms with Crippen LogP contribution in [0, 0.1) is 6.92 Å². The molecule has 0 unspecified atom stereocenters. The van der Waals surface area contributed by atoms with Gasteiger partial charge in [-0.3, -0.25) is 4.79 Å². The average Bonchev–Trinajstić information content (AvgIpc) is 2.95. The Morgan fingerprint density at radius 3 is 2.57 bits per heavy atom. The lowest BCUT2D eigenvalue weighted by Crippen LogP contribution is -2.23.